The van der Waals surface area contributed by atoms with Gasteiger partial charge in [0.2, 0.25) is 0 Å². The minimum absolute atomic E-state index is 0.408. The summed E-state index contributed by atoms with van der Waals surface area (Å²) in [6, 6.07) is 23.6. The summed E-state index contributed by atoms with van der Waals surface area (Å²) < 4.78 is 10.8. The summed E-state index contributed by atoms with van der Waals surface area (Å²) in [6.07, 6.45) is 4.17. The average molecular weight is 372 g/mol. The molecule has 0 N–H and O–H groups in total. The van der Waals surface area contributed by atoms with Crippen molar-refractivity contribution in [3.05, 3.63) is 90.0 Å². The van der Waals surface area contributed by atoms with Crippen LogP contribution in [0.3, 0.4) is 0 Å². The zero-order valence-corrected chi connectivity index (χ0v) is 16.2. The van der Waals surface area contributed by atoms with Crippen LogP contribution in [0.2, 0.25) is 0 Å². The molecule has 0 fully saturated rings. The Hall–Kier alpha value is -3.33. The number of hydrogen-bond donors (Lipinski definition) is 0. The highest BCUT2D eigenvalue weighted by Crippen LogP contribution is 2.23. The first-order valence-electron chi connectivity index (χ1n) is 9.50. The molecule has 3 heteroatoms. The highest BCUT2D eigenvalue weighted by Gasteiger charge is 2.03. The third-order valence-corrected chi connectivity index (χ3v) is 4.37. The normalized spacial score (nSPS) is 10.8. The van der Waals surface area contributed by atoms with Crippen LogP contribution in [-0.4, -0.2) is 12.6 Å². The fourth-order valence-corrected chi connectivity index (χ4v) is 2.80. The van der Waals surface area contributed by atoms with E-state index in [9.17, 15) is 4.79 Å². The van der Waals surface area contributed by atoms with E-state index in [1.807, 2.05) is 55.5 Å². The molecule has 3 aromatic carbocycles. The Morgan fingerprint density at radius 2 is 1.36 bits per heavy atom. The molecule has 0 aliphatic carbocycles. The van der Waals surface area contributed by atoms with E-state index in [1.165, 1.54) is 11.6 Å². The molecule has 0 spiro atoms. The van der Waals surface area contributed by atoms with Crippen molar-refractivity contribution in [1.29, 1.82) is 0 Å². The first-order valence-corrected chi connectivity index (χ1v) is 9.50. The van der Waals surface area contributed by atoms with Crippen molar-refractivity contribution >= 4 is 12.0 Å². The van der Waals surface area contributed by atoms with Gasteiger partial charge < -0.3 is 9.47 Å². The lowest BCUT2D eigenvalue weighted by Gasteiger charge is -2.05. The Morgan fingerprint density at radius 1 is 0.786 bits per heavy atom. The largest absolute Gasteiger partial charge is 0.494 e. The van der Waals surface area contributed by atoms with Crippen molar-refractivity contribution in [2.45, 2.75) is 20.3 Å². The van der Waals surface area contributed by atoms with Crippen molar-refractivity contribution in [3.63, 3.8) is 0 Å². The lowest BCUT2D eigenvalue weighted by molar-refractivity contribution is -0.128. The third kappa shape index (κ3) is 5.34. The topological polar surface area (TPSA) is 35.5 Å². The molecule has 0 saturated heterocycles. The molecule has 0 heterocycles. The Labute approximate surface area is 166 Å². The lowest BCUT2D eigenvalue weighted by atomic mass is 10.0. The molecule has 0 atom stereocenters. The third-order valence-electron chi connectivity index (χ3n) is 4.37. The number of rotatable bonds is 7. The SMILES string of the molecule is CCOc1ccc(/C=C/C(=O)Oc2ccc(-c3ccc(CC)cc3)cc2)cc1. The van der Waals surface area contributed by atoms with E-state index in [-0.39, 0.29) is 0 Å². The van der Waals surface area contributed by atoms with Crippen LogP contribution in [0.5, 0.6) is 11.5 Å². The molecular weight excluding hydrogens is 348 g/mol. The molecule has 3 rings (SSSR count). The van der Waals surface area contributed by atoms with Crippen molar-refractivity contribution in [3.8, 4) is 22.6 Å². The van der Waals surface area contributed by atoms with Crippen LogP contribution in [0.15, 0.2) is 78.9 Å². The monoisotopic (exact) mass is 372 g/mol. The molecule has 3 nitrogen and oxygen atoms in total. The molecule has 0 aromatic heterocycles. The van der Waals surface area contributed by atoms with Gasteiger partial charge >= 0.3 is 5.97 Å². The maximum Gasteiger partial charge on any atom is 0.336 e. The van der Waals surface area contributed by atoms with Gasteiger partial charge in [-0.15, -0.1) is 0 Å². The van der Waals surface area contributed by atoms with Crippen LogP contribution in [0.1, 0.15) is 25.0 Å². The van der Waals surface area contributed by atoms with Gasteiger partial charge in [0, 0.05) is 6.08 Å². The minimum Gasteiger partial charge on any atom is -0.494 e. The van der Waals surface area contributed by atoms with Crippen molar-refractivity contribution in [2.75, 3.05) is 6.61 Å². The minimum atomic E-state index is -0.408. The number of carbonyl (C=O) groups excluding carboxylic acids is 1. The van der Waals surface area contributed by atoms with Gasteiger partial charge in [0.05, 0.1) is 6.61 Å². The Kier molecular flexibility index (Phi) is 6.64. The quantitative estimate of drug-likeness (QED) is 0.293. The molecule has 0 aliphatic heterocycles. The van der Waals surface area contributed by atoms with Crippen LogP contribution < -0.4 is 9.47 Å². The number of hydrogen-bond acceptors (Lipinski definition) is 3. The van der Waals surface area contributed by atoms with Gasteiger partial charge in [-0.2, -0.15) is 0 Å². The highest BCUT2D eigenvalue weighted by atomic mass is 16.5. The molecule has 142 valence electrons. The summed E-state index contributed by atoms with van der Waals surface area (Å²) in [5.41, 5.74) is 4.46. The van der Waals surface area contributed by atoms with Crippen LogP contribution in [0.25, 0.3) is 17.2 Å². The summed E-state index contributed by atoms with van der Waals surface area (Å²) in [6.45, 7) is 4.71. The number of carbonyl (C=O) groups is 1. The molecule has 0 radical (unpaired) electrons. The lowest BCUT2D eigenvalue weighted by Crippen LogP contribution is -2.03. The number of esters is 1. The first kappa shape index (κ1) is 19.4. The molecule has 0 saturated carbocycles. The Bertz CT molecular complexity index is 921. The van der Waals surface area contributed by atoms with Gasteiger partial charge in [-0.3, -0.25) is 0 Å². The highest BCUT2D eigenvalue weighted by molar-refractivity contribution is 5.88. The number of ether oxygens (including phenoxy) is 2. The van der Waals surface area contributed by atoms with Gasteiger partial charge in [0.25, 0.3) is 0 Å². The Morgan fingerprint density at radius 3 is 1.93 bits per heavy atom. The molecule has 0 aliphatic rings. The van der Waals surface area contributed by atoms with E-state index in [0.717, 1.165) is 28.9 Å². The van der Waals surface area contributed by atoms with Crippen LogP contribution in [0.4, 0.5) is 0 Å². The number of aryl methyl sites for hydroxylation is 1. The summed E-state index contributed by atoms with van der Waals surface area (Å²) in [5, 5.41) is 0. The van der Waals surface area contributed by atoms with E-state index in [0.29, 0.717) is 12.4 Å². The van der Waals surface area contributed by atoms with Crippen molar-refractivity contribution in [1.82, 2.24) is 0 Å². The molecule has 0 bridgehead atoms. The zero-order valence-electron chi connectivity index (χ0n) is 16.2. The second kappa shape index (κ2) is 9.56. The molecule has 0 amide bonds. The average Bonchev–Trinajstić information content (AvgIpc) is 2.74. The predicted octanol–water partition coefficient (Wildman–Crippen LogP) is 5.93. The van der Waals surface area contributed by atoms with Gasteiger partial charge in [-0.1, -0.05) is 55.5 Å². The predicted molar refractivity (Wildman–Crippen MR) is 114 cm³/mol. The summed E-state index contributed by atoms with van der Waals surface area (Å²) >= 11 is 0. The summed E-state index contributed by atoms with van der Waals surface area (Å²) in [7, 11) is 0. The molecule has 0 unspecified atom stereocenters. The zero-order chi connectivity index (χ0) is 19.8. The van der Waals surface area contributed by atoms with Gasteiger partial charge in [-0.25, -0.2) is 4.79 Å². The van der Waals surface area contributed by atoms with Crippen LogP contribution in [-0.2, 0) is 11.2 Å². The van der Waals surface area contributed by atoms with E-state index < -0.39 is 5.97 Å². The van der Waals surface area contributed by atoms with Crippen LogP contribution in [0, 0.1) is 0 Å². The second-order valence-corrected chi connectivity index (χ2v) is 6.33. The fourth-order valence-electron chi connectivity index (χ4n) is 2.80. The maximum atomic E-state index is 12.0. The Balaban J connectivity index is 1.59. The van der Waals surface area contributed by atoms with E-state index in [2.05, 4.69) is 31.2 Å². The van der Waals surface area contributed by atoms with Gasteiger partial charge in [0.15, 0.2) is 0 Å². The second-order valence-electron chi connectivity index (χ2n) is 6.33. The molecular formula is C25H24O3. The summed E-state index contributed by atoms with van der Waals surface area (Å²) in [4.78, 5) is 12.0. The van der Waals surface area contributed by atoms with Crippen molar-refractivity contribution in [2.24, 2.45) is 0 Å². The van der Waals surface area contributed by atoms with E-state index >= 15 is 0 Å². The van der Waals surface area contributed by atoms with Crippen molar-refractivity contribution < 1.29 is 14.3 Å². The molecule has 3 aromatic rings. The van der Waals surface area contributed by atoms with Gasteiger partial charge in [0.1, 0.15) is 11.5 Å². The van der Waals surface area contributed by atoms with Gasteiger partial charge in [-0.05, 0) is 65.9 Å². The first-order chi connectivity index (χ1) is 13.7. The number of benzene rings is 3. The van der Waals surface area contributed by atoms with Crippen LogP contribution >= 0.6 is 0 Å². The smallest absolute Gasteiger partial charge is 0.336 e. The summed E-state index contributed by atoms with van der Waals surface area (Å²) in [5.74, 6) is 0.927. The molecule has 28 heavy (non-hydrogen) atoms. The maximum absolute atomic E-state index is 12.0. The fraction of sp³-hybridized carbons (Fsp3) is 0.160. The standard InChI is InChI=1S/C25H24O3/c1-3-19-5-10-21(11-6-19)22-12-16-24(17-13-22)28-25(26)18-9-20-7-14-23(15-8-20)27-4-2/h5-18H,3-4H2,1-2H3/b18-9+. The van der Waals surface area contributed by atoms with E-state index in [1.54, 1.807) is 6.08 Å². The van der Waals surface area contributed by atoms with E-state index in [4.69, 9.17) is 9.47 Å².